The van der Waals surface area contributed by atoms with Crippen LogP contribution in [0.5, 0.6) is 0 Å². The zero-order chi connectivity index (χ0) is 13.7. The number of amides is 1. The van der Waals surface area contributed by atoms with Gasteiger partial charge in [0.05, 0.1) is 0 Å². The fourth-order valence-electron chi connectivity index (χ4n) is 1.88. The molecule has 7 heteroatoms. The summed E-state index contributed by atoms with van der Waals surface area (Å²) in [5, 5.41) is 15.9. The number of anilines is 1. The van der Waals surface area contributed by atoms with Crippen molar-refractivity contribution in [3.05, 3.63) is 5.01 Å². The lowest BCUT2D eigenvalue weighted by atomic mass is 10.1. The van der Waals surface area contributed by atoms with Crippen LogP contribution >= 0.6 is 23.1 Å². The van der Waals surface area contributed by atoms with Crippen molar-refractivity contribution in [2.45, 2.75) is 32.7 Å². The van der Waals surface area contributed by atoms with Crippen LogP contribution in [0.25, 0.3) is 0 Å². The van der Waals surface area contributed by atoms with Gasteiger partial charge in [0.25, 0.3) is 0 Å². The molecule has 2 heterocycles. The normalized spacial score (nSPS) is 19.6. The maximum absolute atomic E-state index is 11.9. The predicted octanol–water partition coefficient (Wildman–Crippen LogP) is 1.77. The molecule has 5 nitrogen and oxygen atoms in total. The molecule has 0 bridgehead atoms. The molecule has 0 aromatic carbocycles. The monoisotopic (exact) mass is 300 g/mol. The molecule has 19 heavy (non-hydrogen) atoms. The third-order valence-corrected chi connectivity index (χ3v) is 4.72. The second-order valence-corrected chi connectivity index (χ2v) is 7.29. The summed E-state index contributed by atoms with van der Waals surface area (Å²) in [6, 6.07) is 0.279. The Labute approximate surface area is 122 Å². The van der Waals surface area contributed by atoms with Gasteiger partial charge in [0.2, 0.25) is 11.0 Å². The van der Waals surface area contributed by atoms with Gasteiger partial charge < -0.3 is 10.6 Å². The first-order valence-corrected chi connectivity index (χ1v) is 8.54. The van der Waals surface area contributed by atoms with Crippen LogP contribution in [0.4, 0.5) is 5.13 Å². The maximum atomic E-state index is 11.9. The fraction of sp³-hybridized carbons (Fsp3) is 0.750. The van der Waals surface area contributed by atoms with E-state index in [1.54, 1.807) is 0 Å². The molecule has 0 spiro atoms. The molecule has 1 amide bonds. The molecular formula is C12H20N4OS2. The van der Waals surface area contributed by atoms with Crippen molar-refractivity contribution in [1.29, 1.82) is 0 Å². The van der Waals surface area contributed by atoms with Gasteiger partial charge in [-0.1, -0.05) is 25.2 Å². The summed E-state index contributed by atoms with van der Waals surface area (Å²) in [6.45, 7) is 5.28. The summed E-state index contributed by atoms with van der Waals surface area (Å²) in [5.74, 6) is 2.71. The standard InChI is InChI=1S/C12H20N4OS2/c1-8(2)5-11-15-16-12(19-11)14-10(17)6-9-7-18-4-3-13-9/h8-9,13H,3-7H2,1-2H3,(H,14,16,17). The van der Waals surface area contributed by atoms with Gasteiger partial charge in [0.1, 0.15) is 5.01 Å². The van der Waals surface area contributed by atoms with Gasteiger partial charge in [-0.05, 0) is 5.92 Å². The van der Waals surface area contributed by atoms with E-state index in [1.807, 2.05) is 11.8 Å². The van der Waals surface area contributed by atoms with Gasteiger partial charge in [0, 0.05) is 36.9 Å². The second kappa shape index (κ2) is 7.21. The molecule has 1 saturated heterocycles. The predicted molar refractivity (Wildman–Crippen MR) is 80.8 cm³/mol. The maximum Gasteiger partial charge on any atom is 0.227 e. The first-order chi connectivity index (χ1) is 9.13. The molecule has 0 saturated carbocycles. The second-order valence-electron chi connectivity index (χ2n) is 5.08. The van der Waals surface area contributed by atoms with E-state index in [9.17, 15) is 4.79 Å². The average molecular weight is 300 g/mol. The number of aromatic nitrogens is 2. The Morgan fingerprint density at radius 3 is 3.05 bits per heavy atom. The lowest BCUT2D eigenvalue weighted by Crippen LogP contribution is -2.39. The van der Waals surface area contributed by atoms with E-state index in [0.29, 0.717) is 17.5 Å². The summed E-state index contributed by atoms with van der Waals surface area (Å²) in [4.78, 5) is 11.9. The lowest BCUT2D eigenvalue weighted by molar-refractivity contribution is -0.116. The SMILES string of the molecule is CC(C)Cc1nnc(NC(=O)CC2CSCCN2)s1. The van der Waals surface area contributed by atoms with E-state index in [4.69, 9.17) is 0 Å². The van der Waals surface area contributed by atoms with Crippen molar-refractivity contribution in [2.24, 2.45) is 5.92 Å². The van der Waals surface area contributed by atoms with E-state index >= 15 is 0 Å². The van der Waals surface area contributed by atoms with Crippen molar-refractivity contribution in [2.75, 3.05) is 23.4 Å². The molecule has 1 atom stereocenters. The first kappa shape index (κ1) is 14.7. The molecule has 0 radical (unpaired) electrons. The largest absolute Gasteiger partial charge is 0.312 e. The highest BCUT2D eigenvalue weighted by atomic mass is 32.2. The van der Waals surface area contributed by atoms with E-state index in [-0.39, 0.29) is 11.9 Å². The molecule has 2 rings (SSSR count). The van der Waals surface area contributed by atoms with Crippen molar-refractivity contribution in [1.82, 2.24) is 15.5 Å². The minimum absolute atomic E-state index is 0.0206. The molecule has 1 unspecified atom stereocenters. The van der Waals surface area contributed by atoms with Crippen LogP contribution in [0.3, 0.4) is 0 Å². The number of hydrogen-bond donors (Lipinski definition) is 2. The molecule has 1 aliphatic heterocycles. The van der Waals surface area contributed by atoms with Crippen molar-refractivity contribution in [3.8, 4) is 0 Å². The van der Waals surface area contributed by atoms with Crippen LogP contribution in [0, 0.1) is 5.92 Å². The number of nitrogens with zero attached hydrogens (tertiary/aromatic N) is 2. The van der Waals surface area contributed by atoms with Gasteiger partial charge in [-0.3, -0.25) is 4.79 Å². The van der Waals surface area contributed by atoms with Crippen LogP contribution in [0.15, 0.2) is 0 Å². The highest BCUT2D eigenvalue weighted by Gasteiger charge is 2.17. The topological polar surface area (TPSA) is 66.9 Å². The summed E-state index contributed by atoms with van der Waals surface area (Å²) < 4.78 is 0. The minimum Gasteiger partial charge on any atom is -0.312 e. The molecular weight excluding hydrogens is 280 g/mol. The van der Waals surface area contributed by atoms with Gasteiger partial charge in [-0.15, -0.1) is 10.2 Å². The van der Waals surface area contributed by atoms with Gasteiger partial charge in [-0.25, -0.2) is 0 Å². The molecule has 2 N–H and O–H groups in total. The van der Waals surface area contributed by atoms with E-state index in [0.717, 1.165) is 29.5 Å². The zero-order valence-electron chi connectivity index (χ0n) is 11.3. The number of carbonyl (C=O) groups excluding carboxylic acids is 1. The summed E-state index contributed by atoms with van der Waals surface area (Å²) in [6.07, 6.45) is 1.42. The molecule has 1 aromatic rings. The third-order valence-electron chi connectivity index (χ3n) is 2.73. The molecule has 106 valence electrons. The van der Waals surface area contributed by atoms with Crippen LogP contribution < -0.4 is 10.6 Å². The van der Waals surface area contributed by atoms with Crippen LogP contribution in [0.1, 0.15) is 25.3 Å². The Bertz CT molecular complexity index is 416. The Morgan fingerprint density at radius 2 is 2.37 bits per heavy atom. The highest BCUT2D eigenvalue weighted by Crippen LogP contribution is 2.19. The van der Waals surface area contributed by atoms with E-state index in [1.165, 1.54) is 11.3 Å². The Kier molecular flexibility index (Phi) is 5.59. The van der Waals surface area contributed by atoms with Crippen molar-refractivity contribution < 1.29 is 4.79 Å². The van der Waals surface area contributed by atoms with Crippen LogP contribution in [0.2, 0.25) is 0 Å². The molecule has 1 fully saturated rings. The van der Waals surface area contributed by atoms with E-state index in [2.05, 4.69) is 34.7 Å². The van der Waals surface area contributed by atoms with Gasteiger partial charge in [0.15, 0.2) is 0 Å². The number of thioether (sulfide) groups is 1. The minimum atomic E-state index is 0.0206. The quantitative estimate of drug-likeness (QED) is 0.867. The Hall–Kier alpha value is -0.660. The average Bonchev–Trinajstić information content (AvgIpc) is 2.76. The smallest absolute Gasteiger partial charge is 0.227 e. The molecule has 0 aliphatic carbocycles. The summed E-state index contributed by atoms with van der Waals surface area (Å²) in [5.41, 5.74) is 0. The Morgan fingerprint density at radius 1 is 1.53 bits per heavy atom. The van der Waals surface area contributed by atoms with E-state index < -0.39 is 0 Å². The summed E-state index contributed by atoms with van der Waals surface area (Å²) in [7, 11) is 0. The molecule has 1 aromatic heterocycles. The number of hydrogen-bond acceptors (Lipinski definition) is 6. The van der Waals surface area contributed by atoms with Crippen LogP contribution in [-0.2, 0) is 11.2 Å². The fourth-order valence-corrected chi connectivity index (χ4v) is 3.80. The van der Waals surface area contributed by atoms with Crippen LogP contribution in [-0.4, -0.2) is 40.2 Å². The number of carbonyl (C=O) groups is 1. The molecule has 1 aliphatic rings. The zero-order valence-corrected chi connectivity index (χ0v) is 12.9. The number of nitrogens with one attached hydrogen (secondary N) is 2. The van der Waals surface area contributed by atoms with Gasteiger partial charge in [-0.2, -0.15) is 11.8 Å². The summed E-state index contributed by atoms with van der Waals surface area (Å²) >= 11 is 3.37. The Balaban J connectivity index is 1.79. The lowest BCUT2D eigenvalue weighted by Gasteiger charge is -2.22. The highest BCUT2D eigenvalue weighted by molar-refractivity contribution is 7.99. The number of rotatable bonds is 5. The first-order valence-electron chi connectivity index (χ1n) is 6.57. The third kappa shape index (κ3) is 5.08. The van der Waals surface area contributed by atoms with Crippen molar-refractivity contribution >= 4 is 34.1 Å². The van der Waals surface area contributed by atoms with Gasteiger partial charge >= 0.3 is 0 Å². The van der Waals surface area contributed by atoms with Crippen molar-refractivity contribution in [3.63, 3.8) is 0 Å².